The summed E-state index contributed by atoms with van der Waals surface area (Å²) in [5.74, 6) is 1.35. The molecule has 0 aromatic heterocycles. The van der Waals surface area contributed by atoms with Crippen LogP contribution in [-0.4, -0.2) is 24.9 Å². The standard InChI is InChI=1S/C21H20INO4S/c1-13(2)12-27-19-16(22)9-14(10-17(19)26-3)11-18-20(24)23(21(25)28-18)15-7-5-4-6-8-15/h4-11,13H,12H2,1-3H3. The van der Waals surface area contributed by atoms with Crippen molar-refractivity contribution < 1.29 is 19.1 Å². The Balaban J connectivity index is 1.90. The molecule has 1 aliphatic rings. The van der Waals surface area contributed by atoms with Gasteiger partial charge >= 0.3 is 0 Å². The zero-order valence-electron chi connectivity index (χ0n) is 15.8. The van der Waals surface area contributed by atoms with Crippen molar-refractivity contribution in [3.63, 3.8) is 0 Å². The van der Waals surface area contributed by atoms with Crippen molar-refractivity contribution in [1.82, 2.24) is 0 Å². The predicted octanol–water partition coefficient (Wildman–Crippen LogP) is 5.58. The van der Waals surface area contributed by atoms with Gasteiger partial charge in [0, 0.05) is 0 Å². The lowest BCUT2D eigenvalue weighted by Crippen LogP contribution is -2.27. The van der Waals surface area contributed by atoms with Gasteiger partial charge in [0.1, 0.15) is 0 Å². The number of benzene rings is 2. The maximum Gasteiger partial charge on any atom is 0.298 e. The van der Waals surface area contributed by atoms with Gasteiger partial charge in [0.05, 0.1) is 27.9 Å². The van der Waals surface area contributed by atoms with E-state index in [1.807, 2.05) is 18.2 Å². The van der Waals surface area contributed by atoms with Crippen molar-refractivity contribution in [1.29, 1.82) is 0 Å². The number of methoxy groups -OCH3 is 1. The average molecular weight is 509 g/mol. The molecule has 0 atom stereocenters. The molecule has 2 amide bonds. The molecule has 5 nitrogen and oxygen atoms in total. The summed E-state index contributed by atoms with van der Waals surface area (Å²) >= 11 is 3.12. The normalized spacial score (nSPS) is 15.6. The van der Waals surface area contributed by atoms with Crippen molar-refractivity contribution >= 4 is 57.3 Å². The number of anilines is 1. The quantitative estimate of drug-likeness (QED) is 0.376. The third kappa shape index (κ3) is 4.52. The first kappa shape index (κ1) is 20.7. The molecular weight excluding hydrogens is 489 g/mol. The molecule has 146 valence electrons. The maximum absolute atomic E-state index is 12.8. The van der Waals surface area contributed by atoms with E-state index in [2.05, 4.69) is 36.4 Å². The van der Waals surface area contributed by atoms with E-state index in [0.29, 0.717) is 34.6 Å². The summed E-state index contributed by atoms with van der Waals surface area (Å²) in [6.45, 7) is 4.74. The van der Waals surface area contributed by atoms with Crippen molar-refractivity contribution in [3.8, 4) is 11.5 Å². The molecule has 2 aromatic rings. The molecule has 1 fully saturated rings. The topological polar surface area (TPSA) is 55.8 Å². The Morgan fingerprint density at radius 2 is 1.89 bits per heavy atom. The van der Waals surface area contributed by atoms with Crippen LogP contribution >= 0.6 is 34.4 Å². The van der Waals surface area contributed by atoms with E-state index >= 15 is 0 Å². The summed E-state index contributed by atoms with van der Waals surface area (Å²) in [5, 5.41) is -0.305. The van der Waals surface area contributed by atoms with Gasteiger partial charge in [-0.2, -0.15) is 0 Å². The molecule has 0 saturated carbocycles. The molecule has 3 rings (SSSR count). The van der Waals surface area contributed by atoms with Crippen molar-refractivity contribution in [2.24, 2.45) is 5.92 Å². The summed E-state index contributed by atoms with van der Waals surface area (Å²) in [4.78, 5) is 26.7. The Morgan fingerprint density at radius 1 is 1.18 bits per heavy atom. The van der Waals surface area contributed by atoms with Crippen LogP contribution in [0.5, 0.6) is 11.5 Å². The average Bonchev–Trinajstić information content (AvgIpc) is 2.94. The van der Waals surface area contributed by atoms with E-state index in [4.69, 9.17) is 9.47 Å². The summed E-state index contributed by atoms with van der Waals surface area (Å²) in [6, 6.07) is 12.6. The van der Waals surface area contributed by atoms with Crippen LogP contribution in [0.4, 0.5) is 10.5 Å². The largest absolute Gasteiger partial charge is 0.493 e. The zero-order chi connectivity index (χ0) is 20.3. The molecule has 1 aliphatic heterocycles. The fraction of sp³-hybridized carbons (Fsp3) is 0.238. The van der Waals surface area contributed by atoms with Gasteiger partial charge in [-0.15, -0.1) is 0 Å². The lowest BCUT2D eigenvalue weighted by atomic mass is 10.1. The summed E-state index contributed by atoms with van der Waals surface area (Å²) < 4.78 is 12.2. The fourth-order valence-electron chi connectivity index (χ4n) is 2.63. The second kappa shape index (κ2) is 9.00. The first-order valence-electron chi connectivity index (χ1n) is 8.74. The van der Waals surface area contributed by atoms with E-state index in [1.54, 1.807) is 37.5 Å². The minimum atomic E-state index is -0.324. The minimum absolute atomic E-state index is 0.305. The van der Waals surface area contributed by atoms with E-state index in [1.165, 1.54) is 4.90 Å². The first-order valence-corrected chi connectivity index (χ1v) is 10.6. The highest BCUT2D eigenvalue weighted by molar-refractivity contribution is 14.1. The number of hydrogen-bond donors (Lipinski definition) is 0. The van der Waals surface area contributed by atoms with Gasteiger partial charge in [-0.3, -0.25) is 9.59 Å². The second-order valence-corrected chi connectivity index (χ2v) is 8.75. The second-order valence-electron chi connectivity index (χ2n) is 6.59. The number of carbonyl (C=O) groups is 2. The third-order valence-corrected chi connectivity index (χ3v) is 5.59. The number of para-hydroxylation sites is 1. The molecule has 0 spiro atoms. The summed E-state index contributed by atoms with van der Waals surface area (Å²) in [5.41, 5.74) is 1.34. The molecule has 7 heteroatoms. The Labute approximate surface area is 182 Å². The maximum atomic E-state index is 12.8. The third-order valence-electron chi connectivity index (χ3n) is 3.92. The highest BCUT2D eigenvalue weighted by Gasteiger charge is 2.36. The predicted molar refractivity (Wildman–Crippen MR) is 121 cm³/mol. The zero-order valence-corrected chi connectivity index (χ0v) is 18.7. The number of imide groups is 1. The first-order chi connectivity index (χ1) is 13.4. The van der Waals surface area contributed by atoms with Crippen LogP contribution in [0.25, 0.3) is 6.08 Å². The lowest BCUT2D eigenvalue weighted by molar-refractivity contribution is -0.113. The number of thioether (sulfide) groups is 1. The molecule has 0 unspecified atom stereocenters. The number of ether oxygens (including phenoxy) is 2. The van der Waals surface area contributed by atoms with Gasteiger partial charge in [0.15, 0.2) is 11.5 Å². The highest BCUT2D eigenvalue weighted by atomic mass is 127. The molecule has 1 heterocycles. The van der Waals surface area contributed by atoms with Gasteiger partial charge in [0.25, 0.3) is 11.1 Å². The van der Waals surface area contributed by atoms with Crippen molar-refractivity contribution in [2.45, 2.75) is 13.8 Å². The van der Waals surface area contributed by atoms with E-state index < -0.39 is 0 Å². The Kier molecular flexibility index (Phi) is 6.66. The molecular formula is C21H20INO4S. The molecule has 0 radical (unpaired) electrons. The summed E-state index contributed by atoms with van der Waals surface area (Å²) in [6.07, 6.45) is 1.71. The number of amides is 2. The van der Waals surface area contributed by atoms with Crippen LogP contribution in [0, 0.1) is 9.49 Å². The number of carbonyl (C=O) groups excluding carboxylic acids is 2. The van der Waals surface area contributed by atoms with Crippen LogP contribution in [0.1, 0.15) is 19.4 Å². The molecule has 0 bridgehead atoms. The van der Waals surface area contributed by atoms with Gasteiger partial charge < -0.3 is 9.47 Å². The van der Waals surface area contributed by atoms with Crippen molar-refractivity contribution in [2.75, 3.05) is 18.6 Å². The van der Waals surface area contributed by atoms with Gasteiger partial charge in [0.2, 0.25) is 0 Å². The van der Waals surface area contributed by atoms with Crippen LogP contribution in [-0.2, 0) is 4.79 Å². The fourth-order valence-corrected chi connectivity index (χ4v) is 4.25. The minimum Gasteiger partial charge on any atom is -0.493 e. The van der Waals surface area contributed by atoms with Gasteiger partial charge in [-0.05, 0) is 76.2 Å². The van der Waals surface area contributed by atoms with E-state index in [0.717, 1.165) is 20.9 Å². The Hall–Kier alpha value is -2.00. The Morgan fingerprint density at radius 3 is 2.54 bits per heavy atom. The van der Waals surface area contributed by atoms with Crippen LogP contribution < -0.4 is 14.4 Å². The number of rotatable bonds is 6. The highest BCUT2D eigenvalue weighted by Crippen LogP contribution is 2.38. The number of halogens is 1. The van der Waals surface area contributed by atoms with Crippen LogP contribution in [0.2, 0.25) is 0 Å². The lowest BCUT2D eigenvalue weighted by Gasteiger charge is -2.15. The molecule has 28 heavy (non-hydrogen) atoms. The molecule has 0 aliphatic carbocycles. The van der Waals surface area contributed by atoms with E-state index in [-0.39, 0.29) is 11.1 Å². The van der Waals surface area contributed by atoms with Gasteiger partial charge in [-0.1, -0.05) is 32.0 Å². The van der Waals surface area contributed by atoms with E-state index in [9.17, 15) is 9.59 Å². The molecule has 0 N–H and O–H groups in total. The SMILES string of the molecule is COc1cc(C=C2SC(=O)N(c3ccccc3)C2=O)cc(I)c1OCC(C)C. The van der Waals surface area contributed by atoms with Crippen LogP contribution in [0.3, 0.4) is 0 Å². The summed E-state index contributed by atoms with van der Waals surface area (Å²) in [7, 11) is 1.58. The van der Waals surface area contributed by atoms with Gasteiger partial charge in [-0.25, -0.2) is 4.90 Å². The van der Waals surface area contributed by atoms with Crippen molar-refractivity contribution in [3.05, 3.63) is 56.5 Å². The monoisotopic (exact) mass is 509 g/mol. The number of hydrogen-bond acceptors (Lipinski definition) is 5. The smallest absolute Gasteiger partial charge is 0.298 e. The van der Waals surface area contributed by atoms with Crippen LogP contribution in [0.15, 0.2) is 47.4 Å². The Bertz CT molecular complexity index is 928. The number of nitrogens with zero attached hydrogens (tertiary/aromatic N) is 1. The molecule has 1 saturated heterocycles. The molecule has 2 aromatic carbocycles.